The summed E-state index contributed by atoms with van der Waals surface area (Å²) >= 11 is 1.48. The maximum atomic E-state index is 13.3. The van der Waals surface area contributed by atoms with Crippen LogP contribution in [0.15, 0.2) is 36.2 Å². The van der Waals surface area contributed by atoms with Crippen molar-refractivity contribution >= 4 is 29.1 Å². The van der Waals surface area contributed by atoms with Gasteiger partial charge in [-0.3, -0.25) is 19.1 Å². The van der Waals surface area contributed by atoms with E-state index in [4.69, 9.17) is 10.5 Å². The van der Waals surface area contributed by atoms with E-state index in [-0.39, 0.29) is 12.0 Å². The second-order valence-corrected chi connectivity index (χ2v) is 8.86. The van der Waals surface area contributed by atoms with E-state index in [1.54, 1.807) is 26.1 Å². The molecule has 172 valence electrons. The van der Waals surface area contributed by atoms with Crippen molar-refractivity contribution in [3.63, 3.8) is 0 Å². The predicted molar refractivity (Wildman–Crippen MR) is 121 cm³/mol. The van der Waals surface area contributed by atoms with Crippen LogP contribution in [0.1, 0.15) is 33.9 Å². The fraction of sp³-hybridized carbons (Fsp3) is 0.455. The number of carbonyl (C=O) groups excluding carboxylic acids is 3. The molecule has 3 heterocycles. The first kappa shape index (κ1) is 23.7. The zero-order valence-corrected chi connectivity index (χ0v) is 19.1. The number of thiophene rings is 1. The quantitative estimate of drug-likeness (QED) is 0.546. The Morgan fingerprint density at radius 1 is 1.47 bits per heavy atom. The van der Waals surface area contributed by atoms with Crippen LogP contribution in [0, 0.1) is 6.92 Å². The minimum Gasteiger partial charge on any atom is -0.374 e. The molecule has 9 nitrogen and oxygen atoms in total. The van der Waals surface area contributed by atoms with E-state index in [1.807, 2.05) is 17.5 Å². The number of aryl methyl sites for hydroxylation is 2. The number of aromatic nitrogens is 2. The molecule has 0 aliphatic carbocycles. The number of nitrogens with one attached hydrogen (secondary N) is 1. The van der Waals surface area contributed by atoms with Crippen LogP contribution in [0.5, 0.6) is 0 Å². The number of piperidine rings is 1. The van der Waals surface area contributed by atoms with Crippen molar-refractivity contribution in [3.8, 4) is 0 Å². The minimum absolute atomic E-state index is 0.203. The molecule has 1 saturated heterocycles. The zero-order valence-electron chi connectivity index (χ0n) is 18.3. The summed E-state index contributed by atoms with van der Waals surface area (Å²) in [5.74, 6) is -1.34. The fourth-order valence-electron chi connectivity index (χ4n) is 3.86. The summed E-state index contributed by atoms with van der Waals surface area (Å²) in [6, 6.07) is 3.78. The van der Waals surface area contributed by atoms with Gasteiger partial charge in [0.15, 0.2) is 0 Å². The molecule has 10 heteroatoms. The summed E-state index contributed by atoms with van der Waals surface area (Å²) in [7, 11) is 1.69. The van der Waals surface area contributed by atoms with Crippen LogP contribution in [0.2, 0.25) is 0 Å². The number of hydrogen-bond donors (Lipinski definition) is 2. The summed E-state index contributed by atoms with van der Waals surface area (Å²) in [5, 5.41) is 8.89. The first-order chi connectivity index (χ1) is 15.3. The van der Waals surface area contributed by atoms with Crippen molar-refractivity contribution in [2.45, 2.75) is 44.4 Å². The molecule has 0 spiro atoms. The number of ether oxygens (including phenoxy) is 1. The van der Waals surface area contributed by atoms with Crippen molar-refractivity contribution in [3.05, 3.63) is 52.5 Å². The number of primary amides is 1. The Hall–Kier alpha value is -2.98. The average Bonchev–Trinajstić information content (AvgIpc) is 3.39. The van der Waals surface area contributed by atoms with E-state index in [0.717, 1.165) is 4.88 Å². The third kappa shape index (κ3) is 5.63. The van der Waals surface area contributed by atoms with Crippen LogP contribution in [0.3, 0.4) is 0 Å². The molecule has 2 aromatic heterocycles. The topological polar surface area (TPSA) is 120 Å². The maximum absolute atomic E-state index is 13.3. The van der Waals surface area contributed by atoms with E-state index in [0.29, 0.717) is 43.8 Å². The smallest absolute Gasteiger partial charge is 0.272 e. The van der Waals surface area contributed by atoms with Gasteiger partial charge in [-0.1, -0.05) is 12.1 Å². The SMILES string of the molecule is C=CCO[C@@H]1CCN(C(=O)c2cc(C)nn2C)[C@H](C(=O)N[C@@H](Cc2cccs2)C(N)=O)C1. The van der Waals surface area contributed by atoms with Crippen LogP contribution in [-0.2, 0) is 27.8 Å². The van der Waals surface area contributed by atoms with Crippen molar-refractivity contribution < 1.29 is 19.1 Å². The molecule has 0 unspecified atom stereocenters. The molecule has 0 radical (unpaired) electrons. The molecular formula is C22H29N5O4S. The lowest BCUT2D eigenvalue weighted by atomic mass is 9.97. The highest BCUT2D eigenvalue weighted by molar-refractivity contribution is 7.09. The van der Waals surface area contributed by atoms with Gasteiger partial charge in [0.05, 0.1) is 18.4 Å². The van der Waals surface area contributed by atoms with Gasteiger partial charge in [-0.15, -0.1) is 17.9 Å². The zero-order chi connectivity index (χ0) is 23.3. The summed E-state index contributed by atoms with van der Waals surface area (Å²) in [6.45, 7) is 6.16. The predicted octanol–water partition coefficient (Wildman–Crippen LogP) is 1.18. The Labute approximate surface area is 191 Å². The summed E-state index contributed by atoms with van der Waals surface area (Å²) in [5.41, 5.74) is 6.67. The van der Waals surface area contributed by atoms with Crippen molar-refractivity contribution in [2.75, 3.05) is 13.2 Å². The van der Waals surface area contributed by atoms with Crippen molar-refractivity contribution in [1.82, 2.24) is 20.0 Å². The van der Waals surface area contributed by atoms with Gasteiger partial charge in [0, 0.05) is 31.3 Å². The molecule has 1 fully saturated rings. The van der Waals surface area contributed by atoms with Crippen LogP contribution in [-0.4, -0.2) is 63.7 Å². The number of nitrogens with two attached hydrogens (primary N) is 1. The highest BCUT2D eigenvalue weighted by Gasteiger charge is 2.39. The van der Waals surface area contributed by atoms with E-state index in [1.165, 1.54) is 20.9 Å². The molecule has 32 heavy (non-hydrogen) atoms. The molecular weight excluding hydrogens is 430 g/mol. The first-order valence-corrected chi connectivity index (χ1v) is 11.3. The van der Waals surface area contributed by atoms with Gasteiger partial charge in [0.25, 0.3) is 5.91 Å². The average molecular weight is 460 g/mol. The molecule has 2 aromatic rings. The standard InChI is InChI=1S/C22H29N5O4S/c1-4-9-31-15-7-8-27(22(30)19-11-14(2)25-26(19)3)18(12-15)21(29)24-17(20(23)28)13-16-6-5-10-32-16/h4-6,10-11,15,17-18H,1,7-9,12-13H2,2-3H3,(H2,23,28)(H,24,29)/t15-,17+,18+/m1/s1. The largest absolute Gasteiger partial charge is 0.374 e. The highest BCUT2D eigenvalue weighted by Crippen LogP contribution is 2.23. The monoisotopic (exact) mass is 459 g/mol. The molecule has 3 atom stereocenters. The minimum atomic E-state index is -0.869. The van der Waals surface area contributed by atoms with E-state index >= 15 is 0 Å². The first-order valence-electron chi connectivity index (χ1n) is 10.5. The fourth-order valence-corrected chi connectivity index (χ4v) is 4.61. The normalized spacial score (nSPS) is 19.4. The molecule has 0 bridgehead atoms. The van der Waals surface area contributed by atoms with Gasteiger partial charge in [-0.2, -0.15) is 5.10 Å². The van der Waals surface area contributed by atoms with E-state index in [9.17, 15) is 14.4 Å². The van der Waals surface area contributed by atoms with Crippen LogP contribution < -0.4 is 11.1 Å². The molecule has 3 N–H and O–H groups in total. The van der Waals surface area contributed by atoms with Gasteiger partial charge >= 0.3 is 0 Å². The molecule has 0 aromatic carbocycles. The third-order valence-corrected chi connectivity index (χ3v) is 6.33. The van der Waals surface area contributed by atoms with Crippen LogP contribution in [0.25, 0.3) is 0 Å². The van der Waals surface area contributed by atoms with Crippen molar-refractivity contribution in [1.29, 1.82) is 0 Å². The molecule has 0 saturated carbocycles. The third-order valence-electron chi connectivity index (χ3n) is 5.43. The molecule has 1 aliphatic rings. The van der Waals surface area contributed by atoms with Gasteiger partial charge in [-0.25, -0.2) is 0 Å². The lowest BCUT2D eigenvalue weighted by Crippen LogP contribution is -2.58. The molecule has 3 rings (SSSR count). The van der Waals surface area contributed by atoms with Crippen LogP contribution in [0.4, 0.5) is 0 Å². The summed E-state index contributed by atoms with van der Waals surface area (Å²) in [4.78, 5) is 41.1. The van der Waals surface area contributed by atoms with Gasteiger partial charge in [0.1, 0.15) is 17.8 Å². The number of carbonyl (C=O) groups is 3. The Bertz CT molecular complexity index is 971. The van der Waals surface area contributed by atoms with Gasteiger partial charge < -0.3 is 20.7 Å². The second kappa shape index (κ2) is 10.6. The Balaban J connectivity index is 1.80. The number of nitrogens with zero attached hydrogens (tertiary/aromatic N) is 3. The summed E-state index contributed by atoms with van der Waals surface area (Å²) < 4.78 is 7.28. The van der Waals surface area contributed by atoms with Crippen LogP contribution >= 0.6 is 11.3 Å². The molecule has 1 aliphatic heterocycles. The number of hydrogen-bond acceptors (Lipinski definition) is 6. The van der Waals surface area contributed by atoms with Gasteiger partial charge in [-0.05, 0) is 30.9 Å². The number of likely N-dealkylation sites (tertiary alicyclic amines) is 1. The van der Waals surface area contributed by atoms with Crippen molar-refractivity contribution in [2.24, 2.45) is 12.8 Å². The lowest BCUT2D eigenvalue weighted by molar-refractivity contribution is -0.132. The Morgan fingerprint density at radius 2 is 2.25 bits per heavy atom. The number of rotatable bonds is 9. The summed E-state index contributed by atoms with van der Waals surface area (Å²) in [6.07, 6.45) is 2.65. The van der Waals surface area contributed by atoms with E-state index in [2.05, 4.69) is 17.0 Å². The maximum Gasteiger partial charge on any atom is 0.272 e. The lowest BCUT2D eigenvalue weighted by Gasteiger charge is -2.38. The Kier molecular flexibility index (Phi) is 7.81. The van der Waals surface area contributed by atoms with Gasteiger partial charge in [0.2, 0.25) is 11.8 Å². The van der Waals surface area contributed by atoms with E-state index < -0.39 is 23.9 Å². The second-order valence-electron chi connectivity index (χ2n) is 7.82. The molecule has 3 amide bonds. The number of amides is 3. The Morgan fingerprint density at radius 3 is 2.84 bits per heavy atom. The highest BCUT2D eigenvalue weighted by atomic mass is 32.1.